The second-order valence-electron chi connectivity index (χ2n) is 14.8. The summed E-state index contributed by atoms with van der Waals surface area (Å²) in [5, 5.41) is 26.3. The number of fused-ring (bicyclic) bond motifs is 7. The molecule has 4 aliphatic rings. The van der Waals surface area contributed by atoms with Gasteiger partial charge in [0.05, 0.1) is 22.6 Å². The molecule has 0 aliphatic carbocycles. The van der Waals surface area contributed by atoms with Crippen LogP contribution >= 0.6 is 0 Å². The zero-order valence-corrected chi connectivity index (χ0v) is 28.9. The highest BCUT2D eigenvalue weighted by atomic mass is 19.1. The highest BCUT2D eigenvalue weighted by Crippen LogP contribution is 2.46. The molecule has 270 valence electrons. The van der Waals surface area contributed by atoms with Gasteiger partial charge < -0.3 is 19.6 Å². The van der Waals surface area contributed by atoms with Crippen LogP contribution in [-0.4, -0.2) is 97.1 Å². The van der Waals surface area contributed by atoms with Crippen molar-refractivity contribution in [1.29, 1.82) is 5.26 Å². The summed E-state index contributed by atoms with van der Waals surface area (Å²) in [6.45, 7) is 1.98. The van der Waals surface area contributed by atoms with E-state index in [9.17, 15) is 19.6 Å². The van der Waals surface area contributed by atoms with E-state index in [4.69, 9.17) is 16.1 Å². The maximum absolute atomic E-state index is 17.7. The Hall–Kier alpha value is -5.60. The number of aromatic hydroxyl groups is 1. The highest BCUT2D eigenvalue weighted by Gasteiger charge is 2.50. The number of phenolic OH excluding ortho intramolecular Hbond substituents is 1. The van der Waals surface area contributed by atoms with E-state index in [0.29, 0.717) is 48.0 Å². The average molecular weight is 721 g/mol. The number of piperazine rings is 1. The molecule has 0 unspecified atom stereocenters. The molecule has 1 N–H and O–H groups in total. The van der Waals surface area contributed by atoms with Gasteiger partial charge in [-0.15, -0.1) is 6.42 Å². The molecule has 53 heavy (non-hydrogen) atoms. The number of aromatic nitrogens is 4. The molecule has 6 heterocycles. The summed E-state index contributed by atoms with van der Waals surface area (Å²) in [6.07, 6.45) is 9.82. The van der Waals surface area contributed by atoms with E-state index < -0.39 is 23.3 Å². The number of carbonyl (C=O) groups is 1. The number of halogens is 3. The largest absolute Gasteiger partial charge is 0.508 e. The predicted octanol–water partition coefficient (Wildman–Crippen LogP) is 5.35. The predicted molar refractivity (Wildman–Crippen MR) is 191 cm³/mol. The average Bonchev–Trinajstić information content (AvgIpc) is 3.86. The Bertz CT molecular complexity index is 2440. The number of benzene rings is 3. The van der Waals surface area contributed by atoms with Gasteiger partial charge in [0.1, 0.15) is 47.6 Å². The minimum atomic E-state index is -0.976. The fourth-order valence-corrected chi connectivity index (χ4v) is 9.51. The van der Waals surface area contributed by atoms with Gasteiger partial charge in [0.25, 0.3) is 0 Å². The Morgan fingerprint density at radius 3 is 2.68 bits per heavy atom. The van der Waals surface area contributed by atoms with Crippen LogP contribution in [0.3, 0.4) is 0 Å². The number of hydrogen-bond acceptors (Lipinski definition) is 9. The first-order valence-corrected chi connectivity index (χ1v) is 17.8. The molecule has 3 aromatic carbocycles. The van der Waals surface area contributed by atoms with Gasteiger partial charge in [-0.3, -0.25) is 14.4 Å². The van der Waals surface area contributed by atoms with Gasteiger partial charge in [-0.1, -0.05) is 12.0 Å². The van der Waals surface area contributed by atoms with Gasteiger partial charge in [0.15, 0.2) is 5.82 Å². The van der Waals surface area contributed by atoms with Gasteiger partial charge in [0, 0.05) is 67.7 Å². The van der Waals surface area contributed by atoms with Gasteiger partial charge in [0.2, 0.25) is 5.91 Å². The first-order valence-electron chi connectivity index (χ1n) is 17.8. The molecule has 0 radical (unpaired) electrons. The van der Waals surface area contributed by atoms with E-state index in [1.54, 1.807) is 22.8 Å². The number of nitriles is 1. The van der Waals surface area contributed by atoms with Crippen LogP contribution in [0.1, 0.15) is 44.1 Å². The van der Waals surface area contributed by atoms with Crippen LogP contribution in [-0.2, 0) is 11.8 Å². The van der Waals surface area contributed by atoms with Gasteiger partial charge >= 0.3 is 6.01 Å². The molecular formula is C39H35F3N8O3. The molecule has 14 heteroatoms. The maximum Gasteiger partial charge on any atom is 0.319 e. The summed E-state index contributed by atoms with van der Waals surface area (Å²) in [4.78, 5) is 28.5. The molecule has 4 atom stereocenters. The molecule has 2 bridgehead atoms. The van der Waals surface area contributed by atoms with Crippen LogP contribution < -0.4 is 9.64 Å². The molecule has 5 aromatic rings. The zero-order valence-electron chi connectivity index (χ0n) is 28.9. The van der Waals surface area contributed by atoms with Gasteiger partial charge in [-0.2, -0.15) is 20.3 Å². The number of phenols is 1. The molecule has 0 saturated carbocycles. The molecule has 4 aliphatic heterocycles. The van der Waals surface area contributed by atoms with E-state index in [2.05, 4.69) is 20.9 Å². The Kier molecular flexibility index (Phi) is 7.68. The monoisotopic (exact) mass is 720 g/mol. The second-order valence-corrected chi connectivity index (χ2v) is 14.8. The van der Waals surface area contributed by atoms with Crippen molar-refractivity contribution in [3.63, 3.8) is 0 Å². The molecule has 0 spiro atoms. The molecular weight excluding hydrogens is 685 g/mol. The molecule has 4 saturated heterocycles. The topological polar surface area (TPSA) is 124 Å². The summed E-state index contributed by atoms with van der Waals surface area (Å²) in [7, 11) is 1.70. The van der Waals surface area contributed by atoms with Crippen molar-refractivity contribution in [2.75, 3.05) is 37.7 Å². The summed E-state index contributed by atoms with van der Waals surface area (Å²) in [5.41, 5.74) is -0.355. The van der Waals surface area contributed by atoms with Crippen molar-refractivity contribution in [2.45, 2.75) is 62.3 Å². The van der Waals surface area contributed by atoms with Crippen molar-refractivity contribution in [3.05, 3.63) is 47.7 Å². The maximum atomic E-state index is 17.7. The third-order valence-corrected chi connectivity index (χ3v) is 11.6. The van der Waals surface area contributed by atoms with E-state index >= 15 is 8.78 Å². The van der Waals surface area contributed by atoms with Crippen molar-refractivity contribution >= 4 is 44.3 Å². The number of aryl methyl sites for hydroxylation is 1. The molecule has 9 rings (SSSR count). The number of carbonyl (C=O) groups excluding carboxylic acids is 1. The number of amides is 1. The smallest absolute Gasteiger partial charge is 0.319 e. The fourth-order valence-electron chi connectivity index (χ4n) is 9.51. The lowest BCUT2D eigenvalue weighted by Crippen LogP contribution is -2.56. The minimum Gasteiger partial charge on any atom is -0.508 e. The van der Waals surface area contributed by atoms with Crippen LogP contribution in [0.2, 0.25) is 0 Å². The molecule has 1 amide bonds. The van der Waals surface area contributed by atoms with E-state index in [1.807, 2.05) is 11.0 Å². The van der Waals surface area contributed by atoms with Crippen LogP contribution in [0.4, 0.5) is 19.0 Å². The van der Waals surface area contributed by atoms with Crippen molar-refractivity contribution in [3.8, 4) is 41.3 Å². The van der Waals surface area contributed by atoms with Crippen LogP contribution in [0.25, 0.3) is 43.7 Å². The van der Waals surface area contributed by atoms with E-state index in [-0.39, 0.29) is 75.9 Å². The number of hydrogen-bond donors (Lipinski definition) is 1. The third kappa shape index (κ3) is 5.14. The number of anilines is 1. The Balaban J connectivity index is 1.26. The highest BCUT2D eigenvalue weighted by molar-refractivity contribution is 6.18. The van der Waals surface area contributed by atoms with Crippen LogP contribution in [0, 0.1) is 35.3 Å². The summed E-state index contributed by atoms with van der Waals surface area (Å²) < 4.78 is 55.4. The summed E-state index contributed by atoms with van der Waals surface area (Å²) in [5.74, 6) is 0.932. The Morgan fingerprint density at radius 1 is 1.13 bits per heavy atom. The molecule has 4 fully saturated rings. The zero-order chi connectivity index (χ0) is 36.8. The Morgan fingerprint density at radius 2 is 1.92 bits per heavy atom. The SMILES string of the molecule is C#Cc1c(F)ccc2cc(O)cc(-c3c(F)c4nc(OC[C@@]56CCCN5C[C@H](F)C6)nc(N5C[C@H]6CC[C@@H](C5)N6C(=O)CC#N)c4c4cn(C)nc34)c12. The number of rotatable bonds is 6. The Labute approximate surface area is 302 Å². The lowest BCUT2D eigenvalue weighted by atomic mass is 9.91. The number of nitrogens with zero attached hydrogens (tertiary/aromatic N) is 8. The van der Waals surface area contributed by atoms with Crippen molar-refractivity contribution in [1.82, 2.24) is 29.5 Å². The number of alkyl halides is 1. The first-order chi connectivity index (χ1) is 25.6. The van der Waals surface area contributed by atoms with Crippen LogP contribution in [0.15, 0.2) is 30.5 Å². The van der Waals surface area contributed by atoms with Crippen molar-refractivity contribution in [2.24, 2.45) is 7.05 Å². The number of ether oxygens (including phenoxy) is 1. The lowest BCUT2D eigenvalue weighted by Gasteiger charge is -2.41. The fraction of sp³-hybridized carbons (Fsp3) is 0.410. The van der Waals surface area contributed by atoms with Crippen molar-refractivity contribution < 1.29 is 27.8 Å². The third-order valence-electron chi connectivity index (χ3n) is 11.6. The lowest BCUT2D eigenvalue weighted by molar-refractivity contribution is -0.133. The van der Waals surface area contributed by atoms with Crippen LogP contribution in [0.5, 0.6) is 11.8 Å². The summed E-state index contributed by atoms with van der Waals surface area (Å²) in [6, 6.07) is 6.98. The summed E-state index contributed by atoms with van der Waals surface area (Å²) >= 11 is 0. The molecule has 2 aromatic heterocycles. The molecule has 11 nitrogen and oxygen atoms in total. The quantitative estimate of drug-likeness (QED) is 0.231. The normalized spacial score (nSPS) is 23.9. The van der Waals surface area contributed by atoms with Gasteiger partial charge in [-0.05, 0) is 61.4 Å². The van der Waals surface area contributed by atoms with Gasteiger partial charge in [-0.25, -0.2) is 13.2 Å². The number of terminal acetylenes is 1. The van der Waals surface area contributed by atoms with E-state index in [0.717, 1.165) is 32.2 Å². The van der Waals surface area contributed by atoms with E-state index in [1.165, 1.54) is 24.3 Å². The standard InChI is InChI=1S/C39H35F3N8O3/c1-3-26-29(41)8-5-21-13-25(51)14-27(31(21)26)32-34(42)36-33(28-19-47(2)46-35(28)32)37(48-17-23-6-7-24(18-48)50(23)30(52)9-11-43)45-38(44-36)53-20-39-10-4-12-49(39)16-22(40)15-39/h1,5,8,13-14,19,22-24,51H,4,6-7,9-10,12,15-18,20H2,2H3/t22-,23-,24+,39+/m1/s1. The minimum absolute atomic E-state index is 0.0321. The second kappa shape index (κ2) is 12.2. The first kappa shape index (κ1) is 33.3.